The molecule has 1 aromatic carbocycles. The topological polar surface area (TPSA) is 83.5 Å². The van der Waals surface area contributed by atoms with Crippen LogP contribution in [0.2, 0.25) is 0 Å². The third kappa shape index (κ3) is 2.30. The first-order valence-corrected chi connectivity index (χ1v) is 5.19. The van der Waals surface area contributed by atoms with Crippen molar-refractivity contribution in [3.8, 4) is 5.75 Å². The van der Waals surface area contributed by atoms with Gasteiger partial charge < -0.3 is 15.9 Å². The Labute approximate surface area is 95.8 Å². The Kier molecular flexibility index (Phi) is 3.71. The van der Waals surface area contributed by atoms with Crippen LogP contribution in [0.4, 0.5) is 0 Å². The lowest BCUT2D eigenvalue weighted by Crippen LogP contribution is -2.22. The molecular formula is C10H12BrNO3. The molecule has 1 rings (SSSR count). The number of phenolic OH excluding ortho intramolecular Hbond substituents is 1. The van der Waals surface area contributed by atoms with Gasteiger partial charge in [0.2, 0.25) is 0 Å². The molecule has 0 heterocycles. The highest BCUT2D eigenvalue weighted by Crippen LogP contribution is 2.35. The van der Waals surface area contributed by atoms with Gasteiger partial charge in [-0.05, 0) is 34.5 Å². The summed E-state index contributed by atoms with van der Waals surface area (Å²) in [7, 11) is 0. The van der Waals surface area contributed by atoms with Crippen LogP contribution in [0.1, 0.15) is 17.0 Å². The fourth-order valence-corrected chi connectivity index (χ4v) is 1.81. The molecule has 0 saturated heterocycles. The van der Waals surface area contributed by atoms with E-state index >= 15 is 0 Å². The zero-order valence-corrected chi connectivity index (χ0v) is 9.78. The molecular weight excluding hydrogens is 262 g/mol. The molecule has 5 heteroatoms. The third-order valence-corrected chi connectivity index (χ3v) is 2.91. The summed E-state index contributed by atoms with van der Waals surface area (Å²) in [5, 5.41) is 18.7. The van der Waals surface area contributed by atoms with E-state index in [1.54, 1.807) is 19.1 Å². The lowest BCUT2D eigenvalue weighted by Gasteiger charge is -2.15. The van der Waals surface area contributed by atoms with Gasteiger partial charge in [0, 0.05) is 12.1 Å². The highest BCUT2D eigenvalue weighted by Gasteiger charge is 2.24. The Bertz CT molecular complexity index is 392. The van der Waals surface area contributed by atoms with Crippen molar-refractivity contribution < 1.29 is 15.0 Å². The first-order chi connectivity index (χ1) is 6.99. The van der Waals surface area contributed by atoms with Crippen molar-refractivity contribution in [1.29, 1.82) is 0 Å². The number of benzene rings is 1. The van der Waals surface area contributed by atoms with Crippen molar-refractivity contribution in [2.24, 2.45) is 5.73 Å². The standard InChI is InChI=1S/C10H12BrNO3/c1-5-2-3-7(11)9(13)8(5)6(4-12)10(14)15/h2-3,6,13H,4,12H2,1H3,(H,14,15). The van der Waals surface area contributed by atoms with Crippen molar-refractivity contribution in [2.45, 2.75) is 12.8 Å². The minimum Gasteiger partial charge on any atom is -0.506 e. The second kappa shape index (κ2) is 4.63. The van der Waals surface area contributed by atoms with Crippen LogP contribution in [0.25, 0.3) is 0 Å². The summed E-state index contributed by atoms with van der Waals surface area (Å²) < 4.78 is 0.475. The van der Waals surface area contributed by atoms with Crippen LogP contribution in [0, 0.1) is 6.92 Å². The fraction of sp³-hybridized carbons (Fsp3) is 0.300. The zero-order chi connectivity index (χ0) is 11.6. The van der Waals surface area contributed by atoms with Crippen molar-refractivity contribution >= 4 is 21.9 Å². The minimum absolute atomic E-state index is 0.0415. The average molecular weight is 274 g/mol. The minimum atomic E-state index is -1.03. The molecule has 0 bridgehead atoms. The van der Waals surface area contributed by atoms with Crippen LogP contribution in [-0.4, -0.2) is 22.7 Å². The van der Waals surface area contributed by atoms with Gasteiger partial charge in [-0.25, -0.2) is 0 Å². The molecule has 0 aliphatic heterocycles. The molecule has 0 amide bonds. The van der Waals surface area contributed by atoms with Gasteiger partial charge in [0.1, 0.15) is 5.75 Å². The number of aliphatic carboxylic acids is 1. The molecule has 1 aromatic rings. The predicted molar refractivity (Wildman–Crippen MR) is 60.0 cm³/mol. The summed E-state index contributed by atoms with van der Waals surface area (Å²) in [5.41, 5.74) is 6.48. The molecule has 0 aromatic heterocycles. The van der Waals surface area contributed by atoms with E-state index in [2.05, 4.69) is 15.9 Å². The van der Waals surface area contributed by atoms with E-state index in [1.807, 2.05) is 0 Å². The zero-order valence-electron chi connectivity index (χ0n) is 8.20. The number of rotatable bonds is 3. The Hall–Kier alpha value is -1.07. The van der Waals surface area contributed by atoms with Crippen LogP contribution in [-0.2, 0) is 4.79 Å². The van der Waals surface area contributed by atoms with E-state index in [9.17, 15) is 9.90 Å². The first kappa shape index (κ1) is 12.0. The molecule has 82 valence electrons. The quantitative estimate of drug-likeness (QED) is 0.781. The maximum Gasteiger partial charge on any atom is 0.312 e. The highest BCUT2D eigenvalue weighted by atomic mass is 79.9. The summed E-state index contributed by atoms with van der Waals surface area (Å²) in [4.78, 5) is 10.9. The molecule has 0 fully saturated rings. The summed E-state index contributed by atoms with van der Waals surface area (Å²) in [6, 6.07) is 3.41. The Morgan fingerprint density at radius 3 is 2.67 bits per heavy atom. The normalized spacial score (nSPS) is 12.5. The molecule has 4 N–H and O–H groups in total. The summed E-state index contributed by atoms with van der Waals surface area (Å²) in [5.74, 6) is -1.95. The Morgan fingerprint density at radius 2 is 2.20 bits per heavy atom. The molecule has 1 unspecified atom stereocenters. The fourth-order valence-electron chi connectivity index (χ4n) is 1.46. The molecule has 0 aliphatic rings. The number of carboxylic acid groups (broad SMARTS) is 1. The highest BCUT2D eigenvalue weighted by molar-refractivity contribution is 9.10. The third-order valence-electron chi connectivity index (χ3n) is 2.27. The number of aryl methyl sites for hydroxylation is 1. The monoisotopic (exact) mass is 273 g/mol. The van der Waals surface area contributed by atoms with E-state index < -0.39 is 11.9 Å². The smallest absolute Gasteiger partial charge is 0.312 e. The van der Waals surface area contributed by atoms with Gasteiger partial charge in [0.05, 0.1) is 10.4 Å². The summed E-state index contributed by atoms with van der Waals surface area (Å²) >= 11 is 3.14. The Balaban J connectivity index is 3.34. The van der Waals surface area contributed by atoms with E-state index in [-0.39, 0.29) is 12.3 Å². The largest absolute Gasteiger partial charge is 0.506 e. The van der Waals surface area contributed by atoms with Gasteiger partial charge in [-0.3, -0.25) is 4.79 Å². The number of carbonyl (C=O) groups is 1. The van der Waals surface area contributed by atoms with Crippen LogP contribution in [0.5, 0.6) is 5.75 Å². The van der Waals surface area contributed by atoms with E-state index in [1.165, 1.54) is 0 Å². The number of hydrogen-bond donors (Lipinski definition) is 3. The van der Waals surface area contributed by atoms with Gasteiger partial charge in [0.15, 0.2) is 0 Å². The summed E-state index contributed by atoms with van der Waals surface area (Å²) in [6.07, 6.45) is 0. The van der Waals surface area contributed by atoms with E-state index in [0.717, 1.165) is 0 Å². The van der Waals surface area contributed by atoms with Gasteiger partial charge in [-0.2, -0.15) is 0 Å². The van der Waals surface area contributed by atoms with Gasteiger partial charge in [-0.1, -0.05) is 6.07 Å². The molecule has 4 nitrogen and oxygen atoms in total. The van der Waals surface area contributed by atoms with Crippen molar-refractivity contribution in [2.75, 3.05) is 6.54 Å². The molecule has 0 saturated carbocycles. The molecule has 0 aliphatic carbocycles. The van der Waals surface area contributed by atoms with Crippen LogP contribution >= 0.6 is 15.9 Å². The van der Waals surface area contributed by atoms with Crippen LogP contribution in [0.3, 0.4) is 0 Å². The van der Waals surface area contributed by atoms with E-state index in [0.29, 0.717) is 15.6 Å². The van der Waals surface area contributed by atoms with Gasteiger partial charge >= 0.3 is 5.97 Å². The SMILES string of the molecule is Cc1ccc(Br)c(O)c1C(CN)C(=O)O. The van der Waals surface area contributed by atoms with Gasteiger partial charge in [0.25, 0.3) is 0 Å². The number of halogens is 1. The van der Waals surface area contributed by atoms with Crippen molar-refractivity contribution in [1.82, 2.24) is 0 Å². The lowest BCUT2D eigenvalue weighted by molar-refractivity contribution is -0.138. The first-order valence-electron chi connectivity index (χ1n) is 4.39. The second-order valence-electron chi connectivity index (χ2n) is 3.25. The Morgan fingerprint density at radius 1 is 1.60 bits per heavy atom. The maximum atomic E-state index is 10.9. The number of nitrogens with two attached hydrogens (primary N) is 1. The summed E-state index contributed by atoms with van der Waals surface area (Å²) in [6.45, 7) is 1.70. The number of aromatic hydroxyl groups is 1. The number of hydrogen-bond acceptors (Lipinski definition) is 3. The molecule has 15 heavy (non-hydrogen) atoms. The van der Waals surface area contributed by atoms with Crippen LogP contribution in [0.15, 0.2) is 16.6 Å². The molecule has 1 atom stereocenters. The average Bonchev–Trinajstić information content (AvgIpc) is 2.18. The molecule has 0 radical (unpaired) electrons. The maximum absolute atomic E-state index is 10.9. The van der Waals surface area contributed by atoms with Crippen molar-refractivity contribution in [3.63, 3.8) is 0 Å². The van der Waals surface area contributed by atoms with Crippen molar-refractivity contribution in [3.05, 3.63) is 27.7 Å². The predicted octanol–water partition coefficient (Wildman–Crippen LogP) is 1.59. The van der Waals surface area contributed by atoms with E-state index in [4.69, 9.17) is 10.8 Å². The number of carboxylic acids is 1. The second-order valence-corrected chi connectivity index (χ2v) is 4.11. The van der Waals surface area contributed by atoms with Gasteiger partial charge in [-0.15, -0.1) is 0 Å². The number of phenols is 1. The van der Waals surface area contributed by atoms with Crippen LogP contribution < -0.4 is 5.73 Å². The lowest BCUT2D eigenvalue weighted by atomic mass is 9.94. The molecule has 0 spiro atoms.